The number of nitrogens with zero attached hydrogens (tertiary/aromatic N) is 1. The summed E-state index contributed by atoms with van der Waals surface area (Å²) in [6.45, 7) is 4.88. The Hall–Kier alpha value is -2.20. The minimum atomic E-state index is -0.0501. The smallest absolute Gasteiger partial charge is 0.294 e. The molecule has 0 unspecified atom stereocenters. The zero-order chi connectivity index (χ0) is 16.7. The van der Waals surface area contributed by atoms with Gasteiger partial charge in [0.1, 0.15) is 5.58 Å². The monoisotopic (exact) mass is 337 g/mol. The van der Waals surface area contributed by atoms with Crippen LogP contribution in [0.1, 0.15) is 29.5 Å². The Morgan fingerprint density at radius 1 is 1.17 bits per heavy atom. The van der Waals surface area contributed by atoms with Gasteiger partial charge in [0.15, 0.2) is 5.76 Å². The van der Waals surface area contributed by atoms with Crippen molar-refractivity contribution in [3.63, 3.8) is 0 Å². The molecule has 0 N–H and O–H groups in total. The van der Waals surface area contributed by atoms with Crippen LogP contribution in [0.3, 0.4) is 0 Å². The van der Waals surface area contributed by atoms with Crippen LogP contribution >= 0.6 is 11.8 Å². The van der Waals surface area contributed by atoms with Crippen LogP contribution in [0.15, 0.2) is 57.8 Å². The van der Waals surface area contributed by atoms with E-state index in [4.69, 9.17) is 4.42 Å². The van der Waals surface area contributed by atoms with E-state index in [0.29, 0.717) is 17.6 Å². The Bertz CT molecular complexity index is 915. The van der Waals surface area contributed by atoms with Gasteiger partial charge in [-0.2, -0.15) is 0 Å². The highest BCUT2D eigenvalue weighted by atomic mass is 32.2. The van der Waals surface area contributed by atoms with E-state index in [1.807, 2.05) is 66.1 Å². The number of furan rings is 1. The predicted octanol–water partition coefficient (Wildman–Crippen LogP) is 5.27. The van der Waals surface area contributed by atoms with E-state index in [-0.39, 0.29) is 5.91 Å². The third-order valence-electron chi connectivity index (χ3n) is 4.53. The van der Waals surface area contributed by atoms with Crippen LogP contribution in [-0.4, -0.2) is 17.7 Å². The number of amides is 1. The van der Waals surface area contributed by atoms with Crippen molar-refractivity contribution in [2.75, 3.05) is 11.4 Å². The number of carbonyl (C=O) groups is 1. The van der Waals surface area contributed by atoms with Crippen molar-refractivity contribution in [1.29, 1.82) is 0 Å². The van der Waals surface area contributed by atoms with Gasteiger partial charge in [0.25, 0.3) is 5.91 Å². The van der Waals surface area contributed by atoms with Gasteiger partial charge in [0.05, 0.1) is 5.69 Å². The van der Waals surface area contributed by atoms with E-state index >= 15 is 0 Å². The lowest BCUT2D eigenvalue weighted by atomic mass is 10.1. The lowest BCUT2D eigenvalue weighted by molar-refractivity contribution is 0.0961. The number of para-hydroxylation sites is 2. The fraction of sp³-hybridized carbons (Fsp3) is 0.250. The average molecular weight is 337 g/mol. The lowest BCUT2D eigenvalue weighted by Gasteiger charge is -2.21. The fourth-order valence-electron chi connectivity index (χ4n) is 3.20. The molecule has 1 aliphatic heterocycles. The number of benzene rings is 2. The Morgan fingerprint density at radius 3 is 2.75 bits per heavy atom. The maximum absolute atomic E-state index is 13.2. The number of carbonyl (C=O) groups excluding carboxylic acids is 1. The fourth-order valence-corrected chi connectivity index (χ4v) is 4.31. The van der Waals surface area contributed by atoms with E-state index in [2.05, 4.69) is 13.0 Å². The molecule has 3 aromatic rings. The minimum absolute atomic E-state index is 0.0501. The van der Waals surface area contributed by atoms with E-state index in [0.717, 1.165) is 33.5 Å². The summed E-state index contributed by atoms with van der Waals surface area (Å²) in [6.07, 6.45) is 0.963. The van der Waals surface area contributed by atoms with Gasteiger partial charge in [0.2, 0.25) is 0 Å². The van der Waals surface area contributed by atoms with E-state index in [1.54, 1.807) is 0 Å². The number of hydrogen-bond donors (Lipinski definition) is 0. The van der Waals surface area contributed by atoms with Crippen molar-refractivity contribution in [3.8, 4) is 0 Å². The molecule has 3 nitrogen and oxygen atoms in total. The molecule has 2 heterocycles. The van der Waals surface area contributed by atoms with Gasteiger partial charge in [-0.25, -0.2) is 0 Å². The topological polar surface area (TPSA) is 33.5 Å². The summed E-state index contributed by atoms with van der Waals surface area (Å²) in [5.74, 6) is 0.399. The zero-order valence-electron chi connectivity index (χ0n) is 13.8. The average Bonchev–Trinajstić information content (AvgIpc) is 2.83. The van der Waals surface area contributed by atoms with Gasteiger partial charge in [-0.05, 0) is 31.5 Å². The van der Waals surface area contributed by atoms with Crippen LogP contribution in [0.5, 0.6) is 0 Å². The van der Waals surface area contributed by atoms with Crippen molar-refractivity contribution in [2.45, 2.75) is 30.4 Å². The molecule has 24 heavy (non-hydrogen) atoms. The van der Waals surface area contributed by atoms with Crippen LogP contribution in [0, 0.1) is 6.92 Å². The lowest BCUT2D eigenvalue weighted by Crippen LogP contribution is -2.32. The van der Waals surface area contributed by atoms with Gasteiger partial charge in [-0.3, -0.25) is 4.79 Å². The molecule has 0 aliphatic carbocycles. The Labute approximate surface area is 145 Å². The normalized spacial score (nSPS) is 17.6. The van der Waals surface area contributed by atoms with Crippen LogP contribution in [0.2, 0.25) is 0 Å². The largest absolute Gasteiger partial charge is 0.451 e. The first-order valence-corrected chi connectivity index (χ1v) is 9.09. The number of rotatable bonds is 1. The number of fused-ring (bicyclic) bond motifs is 2. The molecule has 0 spiro atoms. The molecular formula is C20H19NO2S. The predicted molar refractivity (Wildman–Crippen MR) is 99.0 cm³/mol. The third-order valence-corrected chi connectivity index (χ3v) is 5.76. The first kappa shape index (κ1) is 15.3. The quantitative estimate of drug-likeness (QED) is 0.606. The van der Waals surface area contributed by atoms with Crippen molar-refractivity contribution in [1.82, 2.24) is 0 Å². The molecule has 1 aliphatic rings. The maximum atomic E-state index is 13.2. The van der Waals surface area contributed by atoms with Gasteiger partial charge in [0, 0.05) is 27.6 Å². The number of hydrogen-bond acceptors (Lipinski definition) is 3. The molecule has 2 aromatic carbocycles. The number of aryl methyl sites for hydroxylation is 1. The zero-order valence-corrected chi connectivity index (χ0v) is 14.6. The Kier molecular flexibility index (Phi) is 3.85. The standard InChI is InChI=1S/C20H19NO2S/c1-13-11-12-21(16-8-4-6-10-18(16)24-13)20(22)19-14(2)15-7-3-5-9-17(15)23-19/h3-10,13H,11-12H2,1-2H3/t13-/m0/s1. The third kappa shape index (κ3) is 2.51. The second kappa shape index (κ2) is 6.02. The summed E-state index contributed by atoms with van der Waals surface area (Å²) in [7, 11) is 0. The van der Waals surface area contributed by atoms with Crippen LogP contribution in [0.4, 0.5) is 5.69 Å². The molecule has 1 aromatic heterocycles. The summed E-state index contributed by atoms with van der Waals surface area (Å²) in [4.78, 5) is 16.3. The maximum Gasteiger partial charge on any atom is 0.294 e. The van der Waals surface area contributed by atoms with Gasteiger partial charge in [-0.15, -0.1) is 11.8 Å². The summed E-state index contributed by atoms with van der Waals surface area (Å²) in [5.41, 5.74) is 2.67. The van der Waals surface area contributed by atoms with E-state index in [9.17, 15) is 4.79 Å². The number of anilines is 1. The van der Waals surface area contributed by atoms with E-state index < -0.39 is 0 Å². The van der Waals surface area contributed by atoms with Crippen molar-refractivity contribution < 1.29 is 9.21 Å². The first-order chi connectivity index (χ1) is 11.6. The highest BCUT2D eigenvalue weighted by Crippen LogP contribution is 2.38. The Morgan fingerprint density at radius 2 is 1.92 bits per heavy atom. The number of thioether (sulfide) groups is 1. The first-order valence-electron chi connectivity index (χ1n) is 8.21. The summed E-state index contributed by atoms with van der Waals surface area (Å²) in [5, 5.41) is 1.49. The van der Waals surface area contributed by atoms with Crippen molar-refractivity contribution >= 4 is 34.3 Å². The summed E-state index contributed by atoms with van der Waals surface area (Å²) < 4.78 is 5.90. The SMILES string of the molecule is Cc1c(C(=O)N2CC[C@H](C)Sc3ccccc32)oc2ccccc12. The molecule has 0 saturated carbocycles. The van der Waals surface area contributed by atoms with Crippen LogP contribution in [-0.2, 0) is 0 Å². The molecule has 4 heteroatoms. The van der Waals surface area contributed by atoms with Gasteiger partial charge in [-0.1, -0.05) is 37.3 Å². The minimum Gasteiger partial charge on any atom is -0.451 e. The molecule has 0 fully saturated rings. The second-order valence-corrected chi connectivity index (χ2v) is 7.67. The molecule has 0 bridgehead atoms. The molecule has 1 amide bonds. The van der Waals surface area contributed by atoms with E-state index in [1.165, 1.54) is 0 Å². The summed E-state index contributed by atoms with van der Waals surface area (Å²) >= 11 is 1.83. The molecule has 0 saturated heterocycles. The Balaban J connectivity index is 1.80. The van der Waals surface area contributed by atoms with Gasteiger partial charge >= 0.3 is 0 Å². The molecular weight excluding hydrogens is 318 g/mol. The van der Waals surface area contributed by atoms with Gasteiger partial charge < -0.3 is 9.32 Å². The molecule has 1 atom stereocenters. The molecule has 4 rings (SSSR count). The highest BCUT2D eigenvalue weighted by molar-refractivity contribution is 8.00. The van der Waals surface area contributed by atoms with Crippen molar-refractivity contribution in [2.24, 2.45) is 0 Å². The molecule has 122 valence electrons. The van der Waals surface area contributed by atoms with Crippen LogP contribution in [0.25, 0.3) is 11.0 Å². The van der Waals surface area contributed by atoms with Crippen molar-refractivity contribution in [3.05, 3.63) is 59.9 Å². The highest BCUT2D eigenvalue weighted by Gasteiger charge is 2.28. The van der Waals surface area contributed by atoms with Crippen LogP contribution < -0.4 is 4.90 Å². The second-order valence-electron chi connectivity index (χ2n) is 6.19. The molecule has 0 radical (unpaired) electrons. The summed E-state index contributed by atoms with van der Waals surface area (Å²) in [6, 6.07) is 15.9.